The molecule has 66 valence electrons. The summed E-state index contributed by atoms with van der Waals surface area (Å²) in [7, 11) is 0. The standard InChI is InChI=1S/C11H17N/c1-9(2)12-10(3)11-7-5-4-6-8-11/h4-10,12H,1-3H3. The zero-order valence-corrected chi connectivity index (χ0v) is 8.04. The van der Waals surface area contributed by atoms with Crippen molar-refractivity contribution in [1.82, 2.24) is 5.32 Å². The molecule has 0 aromatic heterocycles. The van der Waals surface area contributed by atoms with Crippen LogP contribution in [0.25, 0.3) is 0 Å². The molecule has 0 amide bonds. The van der Waals surface area contributed by atoms with E-state index in [1.165, 1.54) is 5.56 Å². The minimum absolute atomic E-state index is 0.450. The number of benzene rings is 1. The normalized spacial score (nSPS) is 13.3. The summed E-state index contributed by atoms with van der Waals surface area (Å²) in [5.74, 6) is 0. The van der Waals surface area contributed by atoms with Gasteiger partial charge in [0.1, 0.15) is 0 Å². The third-order valence-electron chi connectivity index (χ3n) is 1.88. The second kappa shape index (κ2) is 4.27. The van der Waals surface area contributed by atoms with Crippen LogP contribution in [0.2, 0.25) is 0 Å². The molecule has 0 aliphatic heterocycles. The summed E-state index contributed by atoms with van der Waals surface area (Å²) in [6.45, 7) is 6.52. The monoisotopic (exact) mass is 163 g/mol. The molecule has 0 saturated heterocycles. The van der Waals surface area contributed by atoms with Crippen molar-refractivity contribution in [1.29, 1.82) is 0 Å². The van der Waals surface area contributed by atoms with E-state index in [9.17, 15) is 0 Å². The Morgan fingerprint density at radius 1 is 1.00 bits per heavy atom. The smallest absolute Gasteiger partial charge is 0.0294 e. The molecule has 0 aliphatic rings. The number of hydrogen-bond acceptors (Lipinski definition) is 1. The minimum atomic E-state index is 0.450. The van der Waals surface area contributed by atoms with Gasteiger partial charge in [-0.2, -0.15) is 0 Å². The highest BCUT2D eigenvalue weighted by Gasteiger charge is 2.04. The van der Waals surface area contributed by atoms with Gasteiger partial charge in [0.2, 0.25) is 0 Å². The Morgan fingerprint density at radius 3 is 2.08 bits per heavy atom. The van der Waals surface area contributed by atoms with Gasteiger partial charge in [-0.1, -0.05) is 44.2 Å². The van der Waals surface area contributed by atoms with Gasteiger partial charge >= 0.3 is 0 Å². The fraction of sp³-hybridized carbons (Fsp3) is 0.455. The Morgan fingerprint density at radius 2 is 1.58 bits per heavy atom. The summed E-state index contributed by atoms with van der Waals surface area (Å²) < 4.78 is 0. The van der Waals surface area contributed by atoms with Gasteiger partial charge in [0.15, 0.2) is 0 Å². The fourth-order valence-electron chi connectivity index (χ4n) is 1.34. The Kier molecular flexibility index (Phi) is 3.30. The third-order valence-corrected chi connectivity index (χ3v) is 1.88. The molecule has 1 unspecified atom stereocenters. The Balaban J connectivity index is 2.59. The van der Waals surface area contributed by atoms with Crippen molar-refractivity contribution < 1.29 is 0 Å². The molecule has 0 aliphatic carbocycles. The highest BCUT2D eigenvalue weighted by atomic mass is 14.9. The van der Waals surface area contributed by atoms with E-state index in [4.69, 9.17) is 0 Å². The van der Waals surface area contributed by atoms with Gasteiger partial charge in [-0.3, -0.25) is 0 Å². The van der Waals surface area contributed by atoms with E-state index >= 15 is 0 Å². The van der Waals surface area contributed by atoms with Crippen LogP contribution < -0.4 is 5.32 Å². The summed E-state index contributed by atoms with van der Waals surface area (Å²) in [6, 6.07) is 11.5. The Bertz CT molecular complexity index is 216. The zero-order valence-electron chi connectivity index (χ0n) is 8.04. The molecule has 0 radical (unpaired) electrons. The van der Waals surface area contributed by atoms with Crippen molar-refractivity contribution in [3.8, 4) is 0 Å². The lowest BCUT2D eigenvalue weighted by Crippen LogP contribution is -2.25. The molecule has 0 heterocycles. The van der Waals surface area contributed by atoms with Crippen molar-refractivity contribution in [2.45, 2.75) is 32.9 Å². The predicted molar refractivity (Wildman–Crippen MR) is 53.1 cm³/mol. The first-order chi connectivity index (χ1) is 5.70. The Labute approximate surface area is 74.8 Å². The van der Waals surface area contributed by atoms with Gasteiger partial charge < -0.3 is 5.32 Å². The van der Waals surface area contributed by atoms with Gasteiger partial charge in [-0.15, -0.1) is 0 Å². The Hall–Kier alpha value is -0.820. The van der Waals surface area contributed by atoms with Crippen LogP contribution in [0.1, 0.15) is 32.4 Å². The van der Waals surface area contributed by atoms with Crippen LogP contribution in [0.3, 0.4) is 0 Å². The topological polar surface area (TPSA) is 12.0 Å². The molecule has 1 heteroatoms. The van der Waals surface area contributed by atoms with Crippen LogP contribution in [-0.4, -0.2) is 6.04 Å². The summed E-state index contributed by atoms with van der Waals surface area (Å²) in [6.07, 6.45) is 0. The van der Waals surface area contributed by atoms with Crippen molar-refractivity contribution >= 4 is 0 Å². The second-order valence-electron chi connectivity index (χ2n) is 3.45. The summed E-state index contributed by atoms with van der Waals surface area (Å²) in [5.41, 5.74) is 1.35. The molecular formula is C11H17N. The maximum atomic E-state index is 3.46. The molecule has 1 aromatic carbocycles. The molecule has 1 atom stereocenters. The molecular weight excluding hydrogens is 146 g/mol. The molecule has 1 rings (SSSR count). The third kappa shape index (κ3) is 2.67. The van der Waals surface area contributed by atoms with E-state index in [0.717, 1.165) is 0 Å². The van der Waals surface area contributed by atoms with Gasteiger partial charge in [0.05, 0.1) is 0 Å². The average Bonchev–Trinajstić information content (AvgIpc) is 2.05. The van der Waals surface area contributed by atoms with Crippen molar-refractivity contribution in [3.63, 3.8) is 0 Å². The maximum absolute atomic E-state index is 3.46. The van der Waals surface area contributed by atoms with Crippen molar-refractivity contribution in [3.05, 3.63) is 35.9 Å². The molecule has 1 N–H and O–H groups in total. The number of hydrogen-bond donors (Lipinski definition) is 1. The van der Waals surface area contributed by atoms with Crippen LogP contribution in [0.5, 0.6) is 0 Å². The van der Waals surface area contributed by atoms with Gasteiger partial charge in [-0.05, 0) is 12.5 Å². The highest BCUT2D eigenvalue weighted by Crippen LogP contribution is 2.11. The SMILES string of the molecule is CC(C)NC(C)c1ccccc1. The lowest BCUT2D eigenvalue weighted by atomic mass is 10.1. The van der Waals surface area contributed by atoms with E-state index in [1.54, 1.807) is 0 Å². The summed E-state index contributed by atoms with van der Waals surface area (Å²) in [5, 5.41) is 3.46. The summed E-state index contributed by atoms with van der Waals surface area (Å²) in [4.78, 5) is 0. The van der Waals surface area contributed by atoms with E-state index in [0.29, 0.717) is 12.1 Å². The van der Waals surface area contributed by atoms with Gasteiger partial charge in [0, 0.05) is 12.1 Å². The quantitative estimate of drug-likeness (QED) is 0.722. The van der Waals surface area contributed by atoms with E-state index in [2.05, 4.69) is 50.4 Å². The van der Waals surface area contributed by atoms with E-state index < -0.39 is 0 Å². The first kappa shape index (κ1) is 9.27. The molecule has 0 fully saturated rings. The van der Waals surface area contributed by atoms with Crippen molar-refractivity contribution in [2.75, 3.05) is 0 Å². The highest BCUT2D eigenvalue weighted by molar-refractivity contribution is 5.18. The van der Waals surface area contributed by atoms with Gasteiger partial charge in [0.25, 0.3) is 0 Å². The lowest BCUT2D eigenvalue weighted by Gasteiger charge is -2.16. The first-order valence-corrected chi connectivity index (χ1v) is 4.51. The number of rotatable bonds is 3. The average molecular weight is 163 g/mol. The first-order valence-electron chi connectivity index (χ1n) is 4.51. The maximum Gasteiger partial charge on any atom is 0.0294 e. The molecule has 1 nitrogen and oxygen atoms in total. The minimum Gasteiger partial charge on any atom is -0.308 e. The van der Waals surface area contributed by atoms with E-state index in [1.807, 2.05) is 6.07 Å². The lowest BCUT2D eigenvalue weighted by molar-refractivity contribution is 0.506. The second-order valence-corrected chi connectivity index (χ2v) is 3.45. The van der Waals surface area contributed by atoms with E-state index in [-0.39, 0.29) is 0 Å². The molecule has 0 bridgehead atoms. The largest absolute Gasteiger partial charge is 0.308 e. The molecule has 0 saturated carbocycles. The van der Waals surface area contributed by atoms with Crippen LogP contribution in [0, 0.1) is 0 Å². The van der Waals surface area contributed by atoms with Crippen LogP contribution >= 0.6 is 0 Å². The van der Waals surface area contributed by atoms with Gasteiger partial charge in [-0.25, -0.2) is 0 Å². The van der Waals surface area contributed by atoms with Crippen LogP contribution in [0.4, 0.5) is 0 Å². The zero-order chi connectivity index (χ0) is 8.97. The molecule has 12 heavy (non-hydrogen) atoms. The van der Waals surface area contributed by atoms with Crippen LogP contribution in [0.15, 0.2) is 30.3 Å². The molecule has 1 aromatic rings. The van der Waals surface area contributed by atoms with Crippen LogP contribution in [-0.2, 0) is 0 Å². The van der Waals surface area contributed by atoms with Crippen molar-refractivity contribution in [2.24, 2.45) is 0 Å². The number of nitrogens with one attached hydrogen (secondary N) is 1. The fourth-order valence-corrected chi connectivity index (χ4v) is 1.34. The predicted octanol–water partition coefficient (Wildman–Crippen LogP) is 2.75. The summed E-state index contributed by atoms with van der Waals surface area (Å²) >= 11 is 0. The molecule has 0 spiro atoms.